The van der Waals surface area contributed by atoms with Gasteiger partial charge in [-0.2, -0.15) is 0 Å². The van der Waals surface area contributed by atoms with Gasteiger partial charge in [0, 0.05) is 14.1 Å². The molecule has 0 aliphatic heterocycles. The highest BCUT2D eigenvalue weighted by molar-refractivity contribution is 5.90. The number of para-hydroxylation sites is 1. The molecule has 7 nitrogen and oxygen atoms in total. The first-order chi connectivity index (χ1) is 12.0. The second kappa shape index (κ2) is 6.72. The lowest BCUT2D eigenvalue weighted by molar-refractivity contribution is -0.116. The Labute approximate surface area is 144 Å². The van der Waals surface area contributed by atoms with Gasteiger partial charge >= 0.3 is 0 Å². The van der Waals surface area contributed by atoms with Crippen molar-refractivity contribution in [2.24, 2.45) is 0 Å². The van der Waals surface area contributed by atoms with Crippen molar-refractivity contribution in [3.63, 3.8) is 0 Å². The number of aryl methyl sites for hydroxylation is 1. The molecule has 0 spiro atoms. The van der Waals surface area contributed by atoms with Crippen LogP contribution in [-0.4, -0.2) is 34.5 Å². The number of hydrogen-bond acceptors (Lipinski definition) is 5. The largest absolute Gasteiger partial charge is 0.363 e. The van der Waals surface area contributed by atoms with Crippen molar-refractivity contribution in [1.82, 2.24) is 14.5 Å². The van der Waals surface area contributed by atoms with Crippen LogP contribution in [0.3, 0.4) is 0 Å². The highest BCUT2D eigenvalue weighted by Gasteiger charge is 2.10. The Hall–Kier alpha value is -3.22. The van der Waals surface area contributed by atoms with Gasteiger partial charge in [-0.25, -0.2) is 9.97 Å². The summed E-state index contributed by atoms with van der Waals surface area (Å²) in [5.74, 6) is 0.485. The van der Waals surface area contributed by atoms with E-state index in [0.717, 1.165) is 11.4 Å². The zero-order valence-electron chi connectivity index (χ0n) is 14.4. The number of carbonyl (C=O) groups excluding carboxylic acids is 1. The minimum Gasteiger partial charge on any atom is -0.363 e. The summed E-state index contributed by atoms with van der Waals surface area (Å²) in [6.07, 6.45) is 2.99. The summed E-state index contributed by atoms with van der Waals surface area (Å²) in [7, 11) is 3.78. The number of amides is 1. The first-order valence-corrected chi connectivity index (χ1v) is 7.83. The standard InChI is InChI=1S/C18H19N5O2/c1-12-5-4-6-14-17(12)20-11-23(18(14)25)10-16(24)21-13-7-8-15(19-9-13)22(2)3/h4-9,11H,10H2,1-3H3,(H,21,24). The molecular weight excluding hydrogens is 318 g/mol. The van der Waals surface area contributed by atoms with Crippen LogP contribution in [0.5, 0.6) is 0 Å². The van der Waals surface area contributed by atoms with E-state index in [1.54, 1.807) is 18.3 Å². The third-order valence-electron chi connectivity index (χ3n) is 3.86. The minimum atomic E-state index is -0.310. The summed E-state index contributed by atoms with van der Waals surface area (Å²) in [6.45, 7) is 1.79. The van der Waals surface area contributed by atoms with Crippen LogP contribution in [0.1, 0.15) is 5.56 Å². The maximum atomic E-state index is 12.5. The Morgan fingerprint density at radius 2 is 2.00 bits per heavy atom. The molecule has 1 aromatic carbocycles. The quantitative estimate of drug-likeness (QED) is 0.785. The number of rotatable bonds is 4. The van der Waals surface area contributed by atoms with Crippen molar-refractivity contribution < 1.29 is 4.79 Å². The van der Waals surface area contributed by atoms with Gasteiger partial charge in [-0.1, -0.05) is 12.1 Å². The number of hydrogen-bond donors (Lipinski definition) is 1. The molecule has 0 bridgehead atoms. The molecule has 0 saturated carbocycles. The summed E-state index contributed by atoms with van der Waals surface area (Å²) in [4.78, 5) is 35.1. The number of aromatic nitrogens is 3. The van der Waals surface area contributed by atoms with E-state index < -0.39 is 0 Å². The minimum absolute atomic E-state index is 0.106. The molecule has 0 aliphatic carbocycles. The number of fused-ring (bicyclic) bond motifs is 1. The van der Waals surface area contributed by atoms with Crippen LogP contribution in [0.25, 0.3) is 10.9 Å². The Kier molecular flexibility index (Phi) is 4.47. The normalized spacial score (nSPS) is 10.7. The van der Waals surface area contributed by atoms with Crippen LogP contribution < -0.4 is 15.8 Å². The molecular formula is C18H19N5O2. The average molecular weight is 337 g/mol. The molecule has 2 aromatic heterocycles. The monoisotopic (exact) mass is 337 g/mol. The third kappa shape index (κ3) is 3.50. The summed E-state index contributed by atoms with van der Waals surface area (Å²) in [5.41, 5.74) is 1.93. The highest BCUT2D eigenvalue weighted by atomic mass is 16.2. The molecule has 128 valence electrons. The van der Waals surface area contributed by atoms with E-state index in [1.165, 1.54) is 10.9 Å². The molecule has 0 saturated heterocycles. The van der Waals surface area contributed by atoms with Gasteiger partial charge in [0.1, 0.15) is 12.4 Å². The fourth-order valence-corrected chi connectivity index (χ4v) is 2.53. The van der Waals surface area contributed by atoms with Gasteiger partial charge in [-0.3, -0.25) is 14.2 Å². The summed E-state index contributed by atoms with van der Waals surface area (Å²) >= 11 is 0. The van der Waals surface area contributed by atoms with Crippen LogP contribution in [0.15, 0.2) is 47.7 Å². The van der Waals surface area contributed by atoms with Gasteiger partial charge < -0.3 is 10.2 Å². The molecule has 0 fully saturated rings. The van der Waals surface area contributed by atoms with Crippen LogP contribution in [0.2, 0.25) is 0 Å². The second-order valence-corrected chi connectivity index (χ2v) is 6.00. The maximum absolute atomic E-state index is 12.5. The molecule has 0 radical (unpaired) electrons. The molecule has 25 heavy (non-hydrogen) atoms. The lowest BCUT2D eigenvalue weighted by Gasteiger charge is -2.12. The molecule has 0 unspecified atom stereocenters. The molecule has 2 heterocycles. The van der Waals surface area contributed by atoms with Crippen molar-refractivity contribution in [2.75, 3.05) is 24.3 Å². The first-order valence-electron chi connectivity index (χ1n) is 7.83. The van der Waals surface area contributed by atoms with E-state index in [4.69, 9.17) is 0 Å². The van der Waals surface area contributed by atoms with Gasteiger partial charge in [0.25, 0.3) is 5.56 Å². The number of anilines is 2. The Bertz CT molecular complexity index is 977. The van der Waals surface area contributed by atoms with Crippen LogP contribution in [-0.2, 0) is 11.3 Å². The topological polar surface area (TPSA) is 80.1 Å². The average Bonchev–Trinajstić information content (AvgIpc) is 2.58. The zero-order chi connectivity index (χ0) is 18.0. The van der Waals surface area contributed by atoms with Crippen molar-refractivity contribution >= 4 is 28.3 Å². The molecule has 1 amide bonds. The number of carbonyl (C=O) groups is 1. The van der Waals surface area contributed by atoms with Crippen LogP contribution >= 0.6 is 0 Å². The summed E-state index contributed by atoms with van der Waals surface area (Å²) < 4.78 is 1.30. The Morgan fingerprint density at radius 3 is 2.68 bits per heavy atom. The molecule has 3 aromatic rings. The summed E-state index contributed by atoms with van der Waals surface area (Å²) in [5, 5.41) is 3.24. The lowest BCUT2D eigenvalue weighted by Crippen LogP contribution is -2.28. The number of nitrogens with one attached hydrogen (secondary N) is 1. The fourth-order valence-electron chi connectivity index (χ4n) is 2.53. The fraction of sp³-hybridized carbons (Fsp3) is 0.222. The van der Waals surface area contributed by atoms with E-state index in [0.29, 0.717) is 16.6 Å². The van der Waals surface area contributed by atoms with E-state index >= 15 is 0 Å². The zero-order valence-corrected chi connectivity index (χ0v) is 14.4. The first kappa shape index (κ1) is 16.6. The van der Waals surface area contributed by atoms with E-state index in [-0.39, 0.29) is 18.0 Å². The van der Waals surface area contributed by atoms with E-state index in [2.05, 4.69) is 15.3 Å². The van der Waals surface area contributed by atoms with E-state index in [9.17, 15) is 9.59 Å². The molecule has 1 N–H and O–H groups in total. The van der Waals surface area contributed by atoms with E-state index in [1.807, 2.05) is 44.1 Å². The van der Waals surface area contributed by atoms with Crippen molar-refractivity contribution in [1.29, 1.82) is 0 Å². The highest BCUT2D eigenvalue weighted by Crippen LogP contribution is 2.13. The Balaban J connectivity index is 1.78. The third-order valence-corrected chi connectivity index (χ3v) is 3.86. The molecule has 0 aliphatic rings. The van der Waals surface area contributed by atoms with Crippen molar-refractivity contribution in [3.8, 4) is 0 Å². The van der Waals surface area contributed by atoms with Crippen molar-refractivity contribution in [3.05, 3.63) is 58.8 Å². The Morgan fingerprint density at radius 1 is 1.20 bits per heavy atom. The van der Waals surface area contributed by atoms with Gasteiger partial charge in [-0.15, -0.1) is 0 Å². The summed E-state index contributed by atoms with van der Waals surface area (Å²) in [6, 6.07) is 9.00. The number of pyridine rings is 1. The lowest BCUT2D eigenvalue weighted by atomic mass is 10.1. The number of nitrogens with zero attached hydrogens (tertiary/aromatic N) is 4. The van der Waals surface area contributed by atoms with Gasteiger partial charge in [0.05, 0.1) is 29.1 Å². The van der Waals surface area contributed by atoms with Gasteiger partial charge in [0.15, 0.2) is 0 Å². The SMILES string of the molecule is Cc1cccc2c(=O)n(CC(=O)Nc3ccc(N(C)C)nc3)cnc12. The molecule has 3 rings (SSSR count). The van der Waals surface area contributed by atoms with Gasteiger partial charge in [0.2, 0.25) is 5.91 Å². The predicted octanol–water partition coefficient (Wildman–Crippen LogP) is 1.80. The van der Waals surface area contributed by atoms with Crippen LogP contribution in [0.4, 0.5) is 11.5 Å². The second-order valence-electron chi connectivity index (χ2n) is 6.00. The van der Waals surface area contributed by atoms with Gasteiger partial charge in [-0.05, 0) is 30.7 Å². The smallest absolute Gasteiger partial charge is 0.261 e. The molecule has 0 atom stereocenters. The predicted molar refractivity (Wildman–Crippen MR) is 97.9 cm³/mol. The maximum Gasteiger partial charge on any atom is 0.261 e. The number of benzene rings is 1. The van der Waals surface area contributed by atoms with Crippen molar-refractivity contribution in [2.45, 2.75) is 13.5 Å². The van der Waals surface area contributed by atoms with Crippen LogP contribution in [0, 0.1) is 6.92 Å². The molecule has 7 heteroatoms.